The molecule has 0 atom stereocenters. The summed E-state index contributed by atoms with van der Waals surface area (Å²) < 4.78 is 11.8. The van der Waals surface area contributed by atoms with Gasteiger partial charge in [0.05, 0.1) is 18.6 Å². The molecule has 0 unspecified atom stereocenters. The van der Waals surface area contributed by atoms with Gasteiger partial charge in [-0.2, -0.15) is 4.98 Å². The van der Waals surface area contributed by atoms with Crippen molar-refractivity contribution in [1.29, 1.82) is 0 Å². The first-order valence-electron chi connectivity index (χ1n) is 12.0. The third kappa shape index (κ3) is 3.79. The van der Waals surface area contributed by atoms with Crippen LogP contribution in [0.1, 0.15) is 44.2 Å². The summed E-state index contributed by atoms with van der Waals surface area (Å²) in [7, 11) is 0. The topological polar surface area (TPSA) is 88.3 Å². The minimum absolute atomic E-state index is 0.258. The van der Waals surface area contributed by atoms with Gasteiger partial charge in [0.1, 0.15) is 17.7 Å². The van der Waals surface area contributed by atoms with Crippen molar-refractivity contribution in [1.82, 2.24) is 19.9 Å². The lowest BCUT2D eigenvalue weighted by molar-refractivity contribution is 0.0398. The third-order valence-electron chi connectivity index (χ3n) is 7.07. The fraction of sp³-hybridized carbons (Fsp3) is 0.625. The van der Waals surface area contributed by atoms with Crippen LogP contribution in [0.2, 0.25) is 0 Å². The number of pyridine rings is 1. The minimum atomic E-state index is 0.258. The Kier molecular flexibility index (Phi) is 4.95. The molecule has 2 N–H and O–H groups in total. The maximum Gasteiger partial charge on any atom is 0.231 e. The molecule has 3 aromatic heterocycles. The van der Waals surface area contributed by atoms with Gasteiger partial charge in [-0.05, 0) is 48.6 Å². The first-order valence-corrected chi connectivity index (χ1v) is 12.0. The predicted molar refractivity (Wildman–Crippen MR) is 125 cm³/mol. The molecule has 8 nitrogen and oxygen atoms in total. The number of anilines is 2. The Morgan fingerprint density at radius 1 is 1.12 bits per heavy atom. The number of hydrogen-bond acceptors (Lipinski definition) is 8. The van der Waals surface area contributed by atoms with Gasteiger partial charge < -0.3 is 19.8 Å². The summed E-state index contributed by atoms with van der Waals surface area (Å²) in [5.74, 6) is 1.76. The second-order valence-corrected chi connectivity index (χ2v) is 10.2. The minimum Gasteiger partial charge on any atom is -0.432 e. The molecule has 0 radical (unpaired) electrons. The number of hydrogen-bond donors (Lipinski definition) is 2. The van der Waals surface area contributed by atoms with Gasteiger partial charge >= 0.3 is 0 Å². The number of nitrogens with one attached hydrogen (secondary N) is 2. The molecule has 1 saturated carbocycles. The van der Waals surface area contributed by atoms with E-state index in [4.69, 9.17) is 14.1 Å². The molecule has 3 aromatic rings. The quantitative estimate of drug-likeness (QED) is 0.606. The predicted octanol–water partition coefficient (Wildman–Crippen LogP) is 3.60. The third-order valence-corrected chi connectivity index (χ3v) is 7.07. The molecule has 32 heavy (non-hydrogen) atoms. The maximum absolute atomic E-state index is 6.33. The Labute approximate surface area is 188 Å². The lowest BCUT2D eigenvalue weighted by Gasteiger charge is -2.32. The second-order valence-electron chi connectivity index (χ2n) is 10.2. The molecule has 6 rings (SSSR count). The van der Waals surface area contributed by atoms with Crippen LogP contribution in [-0.4, -0.2) is 65.3 Å². The summed E-state index contributed by atoms with van der Waals surface area (Å²) in [5, 5.41) is 8.20. The highest BCUT2D eigenvalue weighted by molar-refractivity contribution is 6.07. The van der Waals surface area contributed by atoms with Crippen LogP contribution >= 0.6 is 0 Å². The van der Waals surface area contributed by atoms with Crippen LogP contribution in [0.4, 0.5) is 11.6 Å². The van der Waals surface area contributed by atoms with Crippen LogP contribution < -0.4 is 10.6 Å². The second kappa shape index (κ2) is 7.85. The van der Waals surface area contributed by atoms with Crippen molar-refractivity contribution in [2.45, 2.75) is 52.0 Å². The van der Waals surface area contributed by atoms with Gasteiger partial charge in [0.2, 0.25) is 5.71 Å². The molecule has 170 valence electrons. The highest BCUT2D eigenvalue weighted by atomic mass is 16.5. The van der Waals surface area contributed by atoms with E-state index in [1.165, 1.54) is 30.4 Å². The SMILES string of the molecule is CC1(C)CCc2c(NC3CC3)nc3oc4c(NCCN5CCOCC5)ncnc4c3c2C1. The van der Waals surface area contributed by atoms with Gasteiger partial charge in [0.15, 0.2) is 11.4 Å². The number of morpholine rings is 1. The van der Waals surface area contributed by atoms with Crippen LogP contribution in [0.5, 0.6) is 0 Å². The van der Waals surface area contributed by atoms with Crippen molar-refractivity contribution in [2.75, 3.05) is 50.0 Å². The lowest BCUT2D eigenvalue weighted by atomic mass is 9.74. The summed E-state index contributed by atoms with van der Waals surface area (Å²) in [6.45, 7) is 10.0. The average Bonchev–Trinajstić information content (AvgIpc) is 3.51. The molecule has 8 heteroatoms. The highest BCUT2D eigenvalue weighted by Gasteiger charge is 2.33. The number of fused-ring (bicyclic) bond motifs is 5. The van der Waals surface area contributed by atoms with E-state index in [-0.39, 0.29) is 5.41 Å². The first kappa shape index (κ1) is 20.2. The van der Waals surface area contributed by atoms with Crippen LogP contribution in [0.3, 0.4) is 0 Å². The Morgan fingerprint density at radius 2 is 1.97 bits per heavy atom. The smallest absolute Gasteiger partial charge is 0.231 e. The monoisotopic (exact) mass is 436 g/mol. The summed E-state index contributed by atoms with van der Waals surface area (Å²) >= 11 is 0. The Balaban J connectivity index is 1.37. The first-order chi connectivity index (χ1) is 15.6. The fourth-order valence-corrected chi connectivity index (χ4v) is 5.03. The Hall–Kier alpha value is -2.45. The molecule has 0 aromatic carbocycles. The summed E-state index contributed by atoms with van der Waals surface area (Å²) in [4.78, 5) is 16.5. The number of aromatic nitrogens is 3. The number of ether oxygens (including phenoxy) is 1. The molecule has 0 amide bonds. The molecule has 2 aliphatic carbocycles. The van der Waals surface area contributed by atoms with E-state index in [1.54, 1.807) is 6.33 Å². The molecular weight excluding hydrogens is 404 g/mol. The molecule has 0 bridgehead atoms. The molecule has 0 spiro atoms. The standard InChI is InChI=1S/C24H32N6O2/c1-24(2)6-5-16-17(13-24)18-19-20(32-23(18)29-21(16)28-15-3-4-15)22(27-14-26-19)25-7-8-30-9-11-31-12-10-30/h14-15H,3-13H2,1-2H3,(H,28,29)(H,25,26,27). The van der Waals surface area contributed by atoms with Crippen molar-refractivity contribution in [3.05, 3.63) is 17.5 Å². The summed E-state index contributed by atoms with van der Waals surface area (Å²) in [5.41, 5.74) is 5.23. The van der Waals surface area contributed by atoms with Gasteiger partial charge in [-0.1, -0.05) is 13.8 Å². The maximum atomic E-state index is 6.33. The largest absolute Gasteiger partial charge is 0.432 e. The van der Waals surface area contributed by atoms with Crippen molar-refractivity contribution in [3.63, 3.8) is 0 Å². The molecule has 2 fully saturated rings. The number of rotatable bonds is 6. The number of furan rings is 1. The van der Waals surface area contributed by atoms with Crippen molar-refractivity contribution < 1.29 is 9.15 Å². The van der Waals surface area contributed by atoms with Gasteiger partial charge in [-0.15, -0.1) is 0 Å². The van der Waals surface area contributed by atoms with Gasteiger partial charge in [-0.25, -0.2) is 9.97 Å². The van der Waals surface area contributed by atoms with Crippen LogP contribution in [0.25, 0.3) is 22.2 Å². The lowest BCUT2D eigenvalue weighted by Crippen LogP contribution is -2.39. The van der Waals surface area contributed by atoms with E-state index in [2.05, 4.69) is 39.3 Å². The van der Waals surface area contributed by atoms with Gasteiger partial charge in [0, 0.05) is 32.2 Å². The highest BCUT2D eigenvalue weighted by Crippen LogP contribution is 2.44. The van der Waals surface area contributed by atoms with Crippen LogP contribution in [0, 0.1) is 5.41 Å². The summed E-state index contributed by atoms with van der Waals surface area (Å²) in [6.07, 6.45) is 7.32. The summed E-state index contributed by atoms with van der Waals surface area (Å²) in [6, 6.07) is 0.556. The Morgan fingerprint density at radius 3 is 2.78 bits per heavy atom. The molecular formula is C24H32N6O2. The molecule has 1 saturated heterocycles. The number of nitrogens with zero attached hydrogens (tertiary/aromatic N) is 4. The van der Waals surface area contributed by atoms with E-state index in [1.807, 2.05) is 0 Å². The average molecular weight is 437 g/mol. The van der Waals surface area contributed by atoms with Crippen LogP contribution in [-0.2, 0) is 17.6 Å². The zero-order chi connectivity index (χ0) is 21.7. The molecule has 3 aliphatic rings. The fourth-order valence-electron chi connectivity index (χ4n) is 5.03. The zero-order valence-corrected chi connectivity index (χ0v) is 19.0. The van der Waals surface area contributed by atoms with E-state index >= 15 is 0 Å². The van der Waals surface area contributed by atoms with Crippen molar-refractivity contribution in [3.8, 4) is 0 Å². The van der Waals surface area contributed by atoms with E-state index in [0.717, 1.165) is 74.8 Å². The zero-order valence-electron chi connectivity index (χ0n) is 19.0. The van der Waals surface area contributed by atoms with E-state index in [0.29, 0.717) is 17.3 Å². The van der Waals surface area contributed by atoms with Crippen molar-refractivity contribution >= 4 is 33.8 Å². The van der Waals surface area contributed by atoms with E-state index in [9.17, 15) is 0 Å². The van der Waals surface area contributed by atoms with Gasteiger partial charge in [-0.3, -0.25) is 4.90 Å². The van der Waals surface area contributed by atoms with E-state index < -0.39 is 0 Å². The molecule has 4 heterocycles. The van der Waals surface area contributed by atoms with Crippen LogP contribution in [0.15, 0.2) is 10.7 Å². The normalized spacial score (nSPS) is 21.1. The Bertz CT molecular complexity index is 1150. The van der Waals surface area contributed by atoms with Gasteiger partial charge in [0.25, 0.3) is 0 Å². The van der Waals surface area contributed by atoms with Crippen molar-refractivity contribution in [2.24, 2.45) is 5.41 Å². The molecule has 1 aliphatic heterocycles.